The molecule has 1 unspecified atom stereocenters. The third-order valence-electron chi connectivity index (χ3n) is 4.07. The van der Waals surface area contributed by atoms with Gasteiger partial charge >= 0.3 is 12.1 Å². The summed E-state index contributed by atoms with van der Waals surface area (Å²) in [7, 11) is -3.69. The van der Waals surface area contributed by atoms with Crippen LogP contribution in [-0.2, 0) is 41.8 Å². The van der Waals surface area contributed by atoms with Gasteiger partial charge in [0.05, 0.1) is 12.9 Å². The summed E-state index contributed by atoms with van der Waals surface area (Å²) in [5.41, 5.74) is 7.47. The Balaban J connectivity index is 1.93. The van der Waals surface area contributed by atoms with Gasteiger partial charge in [-0.2, -0.15) is 8.42 Å². The zero-order chi connectivity index (χ0) is 22.7. The number of carbonyl (C=O) groups excluding carboxylic acids is 2. The van der Waals surface area contributed by atoms with E-state index in [-0.39, 0.29) is 32.9 Å². The summed E-state index contributed by atoms with van der Waals surface area (Å²) >= 11 is 0. The number of amides is 1. The molecule has 0 aliphatic heterocycles. The van der Waals surface area contributed by atoms with Gasteiger partial charge in [-0.25, -0.2) is 4.79 Å². The maximum atomic E-state index is 12.5. The zero-order valence-electron chi connectivity index (χ0n) is 17.2. The fraction of sp³-hybridized carbons (Fsp3) is 0.333. The SMILES string of the molecule is CS(=O)(=O)OCCN(CC(N)C(=O)OCc1ccccc1)C(=O)OCc1ccccc1. The summed E-state index contributed by atoms with van der Waals surface area (Å²) in [6.45, 7) is -0.612. The van der Waals surface area contributed by atoms with Crippen LogP contribution in [0.15, 0.2) is 60.7 Å². The van der Waals surface area contributed by atoms with E-state index in [0.717, 1.165) is 22.3 Å². The van der Waals surface area contributed by atoms with Crippen LogP contribution in [0.25, 0.3) is 0 Å². The van der Waals surface area contributed by atoms with Gasteiger partial charge in [-0.1, -0.05) is 60.7 Å². The van der Waals surface area contributed by atoms with Gasteiger partial charge < -0.3 is 20.1 Å². The molecule has 0 aromatic heterocycles. The number of esters is 1. The average molecular weight is 451 g/mol. The molecule has 2 aromatic rings. The fourth-order valence-electron chi connectivity index (χ4n) is 2.51. The van der Waals surface area contributed by atoms with Crippen molar-refractivity contribution < 1.29 is 31.7 Å². The summed E-state index contributed by atoms with van der Waals surface area (Å²) < 4.78 is 37.5. The second kappa shape index (κ2) is 12.0. The predicted molar refractivity (Wildman–Crippen MR) is 113 cm³/mol. The molecule has 9 nitrogen and oxygen atoms in total. The molecule has 0 aliphatic carbocycles. The van der Waals surface area contributed by atoms with Gasteiger partial charge in [-0.15, -0.1) is 0 Å². The highest BCUT2D eigenvalue weighted by atomic mass is 32.2. The lowest BCUT2D eigenvalue weighted by Crippen LogP contribution is -2.47. The van der Waals surface area contributed by atoms with Gasteiger partial charge in [0, 0.05) is 13.1 Å². The minimum atomic E-state index is -3.69. The highest BCUT2D eigenvalue weighted by Gasteiger charge is 2.24. The zero-order valence-corrected chi connectivity index (χ0v) is 18.0. The van der Waals surface area contributed by atoms with Crippen molar-refractivity contribution in [2.24, 2.45) is 5.73 Å². The normalized spacial score (nSPS) is 12.1. The van der Waals surface area contributed by atoms with Crippen LogP contribution in [0.4, 0.5) is 4.79 Å². The molecule has 0 heterocycles. The smallest absolute Gasteiger partial charge is 0.410 e. The molecule has 0 saturated heterocycles. The molecule has 0 radical (unpaired) electrons. The molecule has 1 atom stereocenters. The van der Waals surface area contributed by atoms with Gasteiger partial charge in [0.25, 0.3) is 10.1 Å². The predicted octanol–water partition coefficient (Wildman–Crippen LogP) is 1.67. The third-order valence-corrected chi connectivity index (χ3v) is 4.66. The second-order valence-electron chi connectivity index (χ2n) is 6.71. The number of hydrogen-bond acceptors (Lipinski definition) is 8. The van der Waals surface area contributed by atoms with Crippen molar-refractivity contribution >= 4 is 22.2 Å². The summed E-state index contributed by atoms with van der Waals surface area (Å²) in [6.07, 6.45) is 0.143. The summed E-state index contributed by atoms with van der Waals surface area (Å²) in [5, 5.41) is 0. The molecule has 2 aromatic carbocycles. The number of nitrogens with zero attached hydrogens (tertiary/aromatic N) is 1. The molecular weight excluding hydrogens is 424 g/mol. The molecule has 2 N–H and O–H groups in total. The largest absolute Gasteiger partial charge is 0.460 e. The molecular formula is C21H26N2O7S. The first-order chi connectivity index (χ1) is 14.7. The van der Waals surface area contributed by atoms with E-state index >= 15 is 0 Å². The Kier molecular flexibility index (Phi) is 9.44. The first kappa shape index (κ1) is 24.3. The number of carbonyl (C=O) groups is 2. The van der Waals surface area contributed by atoms with E-state index in [4.69, 9.17) is 15.2 Å². The van der Waals surface area contributed by atoms with E-state index in [1.165, 1.54) is 0 Å². The summed E-state index contributed by atoms with van der Waals surface area (Å²) in [5.74, 6) is -0.700. The molecule has 0 aliphatic rings. The molecule has 0 fully saturated rings. The van der Waals surface area contributed by atoms with Crippen molar-refractivity contribution in [1.82, 2.24) is 4.90 Å². The first-order valence-electron chi connectivity index (χ1n) is 9.51. The molecule has 0 spiro atoms. The van der Waals surface area contributed by atoms with Gasteiger partial charge in [0.2, 0.25) is 0 Å². The molecule has 10 heteroatoms. The van der Waals surface area contributed by atoms with E-state index in [9.17, 15) is 18.0 Å². The van der Waals surface area contributed by atoms with E-state index in [2.05, 4.69) is 4.18 Å². The maximum Gasteiger partial charge on any atom is 0.410 e. The number of ether oxygens (including phenoxy) is 2. The molecule has 31 heavy (non-hydrogen) atoms. The third kappa shape index (κ3) is 9.60. The van der Waals surface area contributed by atoms with Gasteiger partial charge in [0.15, 0.2) is 0 Å². The van der Waals surface area contributed by atoms with Crippen molar-refractivity contribution in [3.63, 3.8) is 0 Å². The molecule has 0 saturated carbocycles. The number of nitrogens with two attached hydrogens (primary N) is 1. The number of hydrogen-bond donors (Lipinski definition) is 1. The minimum Gasteiger partial charge on any atom is -0.460 e. The fourth-order valence-corrected chi connectivity index (χ4v) is 2.89. The van der Waals surface area contributed by atoms with E-state index in [1.54, 1.807) is 36.4 Å². The monoisotopic (exact) mass is 450 g/mol. The van der Waals surface area contributed by atoms with Crippen LogP contribution in [0.5, 0.6) is 0 Å². The van der Waals surface area contributed by atoms with Crippen LogP contribution in [0.3, 0.4) is 0 Å². The lowest BCUT2D eigenvalue weighted by Gasteiger charge is -2.24. The van der Waals surface area contributed by atoms with E-state index in [0.29, 0.717) is 0 Å². The molecule has 2 rings (SSSR count). The standard InChI is InChI=1S/C21H26N2O7S/c1-31(26,27)30-13-12-23(21(25)29-16-18-10-6-3-7-11-18)14-19(22)20(24)28-15-17-8-4-2-5-9-17/h2-11,19H,12-16,22H2,1H3. The van der Waals surface area contributed by atoms with Crippen LogP contribution >= 0.6 is 0 Å². The average Bonchev–Trinajstić information content (AvgIpc) is 2.75. The first-order valence-corrected chi connectivity index (χ1v) is 11.3. The molecule has 0 bridgehead atoms. The summed E-state index contributed by atoms with van der Waals surface area (Å²) in [6, 6.07) is 16.9. The van der Waals surface area contributed by atoms with Crippen LogP contribution in [0.1, 0.15) is 11.1 Å². The van der Waals surface area contributed by atoms with Crippen molar-refractivity contribution in [3.8, 4) is 0 Å². The quantitative estimate of drug-likeness (QED) is 0.405. The van der Waals surface area contributed by atoms with Crippen LogP contribution in [0, 0.1) is 0 Å². The second-order valence-corrected chi connectivity index (χ2v) is 8.36. The Morgan fingerprint density at radius 3 is 1.97 bits per heavy atom. The lowest BCUT2D eigenvalue weighted by atomic mass is 10.2. The van der Waals surface area contributed by atoms with Crippen molar-refractivity contribution in [3.05, 3.63) is 71.8 Å². The van der Waals surface area contributed by atoms with Crippen LogP contribution in [-0.4, -0.2) is 57.4 Å². The van der Waals surface area contributed by atoms with Gasteiger partial charge in [-0.05, 0) is 11.1 Å². The number of benzene rings is 2. The van der Waals surface area contributed by atoms with E-state index < -0.39 is 28.2 Å². The Hall–Kier alpha value is -2.95. The van der Waals surface area contributed by atoms with Crippen molar-refractivity contribution in [2.45, 2.75) is 19.3 Å². The highest BCUT2D eigenvalue weighted by molar-refractivity contribution is 7.85. The summed E-state index contributed by atoms with van der Waals surface area (Å²) in [4.78, 5) is 25.8. The maximum absolute atomic E-state index is 12.5. The molecule has 1 amide bonds. The van der Waals surface area contributed by atoms with Crippen LogP contribution < -0.4 is 5.73 Å². The van der Waals surface area contributed by atoms with Crippen molar-refractivity contribution in [2.75, 3.05) is 26.0 Å². The minimum absolute atomic E-state index is 0.0107. The van der Waals surface area contributed by atoms with Crippen molar-refractivity contribution in [1.29, 1.82) is 0 Å². The Bertz CT molecular complexity index is 937. The lowest BCUT2D eigenvalue weighted by molar-refractivity contribution is -0.146. The highest BCUT2D eigenvalue weighted by Crippen LogP contribution is 2.06. The van der Waals surface area contributed by atoms with Crippen LogP contribution in [0.2, 0.25) is 0 Å². The number of rotatable bonds is 11. The Morgan fingerprint density at radius 2 is 1.45 bits per heavy atom. The topological polar surface area (TPSA) is 125 Å². The van der Waals surface area contributed by atoms with Gasteiger partial charge in [0.1, 0.15) is 19.3 Å². The molecule has 168 valence electrons. The Labute approximate surface area is 181 Å². The van der Waals surface area contributed by atoms with Gasteiger partial charge in [-0.3, -0.25) is 8.98 Å². The van der Waals surface area contributed by atoms with E-state index in [1.807, 2.05) is 24.3 Å². The Morgan fingerprint density at radius 1 is 0.935 bits per heavy atom.